The molecule has 1 amide bonds. The molecule has 1 heterocycles. The second kappa shape index (κ2) is 3.28. The molecule has 1 aromatic rings. The lowest BCUT2D eigenvalue weighted by molar-refractivity contribution is 0.0768. The lowest BCUT2D eigenvalue weighted by Crippen LogP contribution is -2.34. The molecule has 16 heavy (non-hydrogen) atoms. The van der Waals surface area contributed by atoms with Gasteiger partial charge in [-0.2, -0.15) is 0 Å². The normalized spacial score (nSPS) is 31.4. The van der Waals surface area contributed by atoms with E-state index in [9.17, 15) is 9.18 Å². The molecule has 2 unspecified atom stereocenters. The van der Waals surface area contributed by atoms with Gasteiger partial charge in [0.1, 0.15) is 5.82 Å². The van der Waals surface area contributed by atoms with Crippen molar-refractivity contribution >= 4 is 5.91 Å². The van der Waals surface area contributed by atoms with Crippen LogP contribution in [0.1, 0.15) is 10.4 Å². The van der Waals surface area contributed by atoms with Gasteiger partial charge in [0.15, 0.2) is 0 Å². The average molecular weight is 220 g/mol. The van der Waals surface area contributed by atoms with Gasteiger partial charge in [0.25, 0.3) is 5.91 Å². The van der Waals surface area contributed by atoms with Crippen LogP contribution in [0.2, 0.25) is 0 Å². The molecular formula is C12H13FN2O. The largest absolute Gasteiger partial charge is 0.338 e. The van der Waals surface area contributed by atoms with Gasteiger partial charge in [-0.1, -0.05) is 12.1 Å². The van der Waals surface area contributed by atoms with Crippen LogP contribution in [0.3, 0.4) is 0 Å². The Kier molecular flexibility index (Phi) is 2.01. The lowest BCUT2D eigenvalue weighted by Gasteiger charge is -2.19. The second-order valence-electron chi connectivity index (χ2n) is 4.60. The van der Waals surface area contributed by atoms with E-state index in [4.69, 9.17) is 5.73 Å². The highest BCUT2D eigenvalue weighted by Gasteiger charge is 2.54. The Labute approximate surface area is 93.0 Å². The summed E-state index contributed by atoms with van der Waals surface area (Å²) in [5, 5.41) is 0. The number of hydrogen-bond donors (Lipinski definition) is 1. The molecule has 1 aliphatic heterocycles. The number of carbonyl (C=O) groups excluding carboxylic acids is 1. The fourth-order valence-electron chi connectivity index (χ4n) is 2.54. The quantitative estimate of drug-likeness (QED) is 0.762. The van der Waals surface area contributed by atoms with E-state index >= 15 is 0 Å². The molecule has 1 saturated heterocycles. The summed E-state index contributed by atoms with van der Waals surface area (Å²) in [5.74, 6) is 0.223. The molecule has 0 spiro atoms. The SMILES string of the molecule is NC1C2CN(C(=O)c3ccccc3F)C[C@H]12. The molecule has 0 radical (unpaired) electrons. The summed E-state index contributed by atoms with van der Waals surface area (Å²) in [5.41, 5.74) is 5.95. The Morgan fingerprint density at radius 2 is 1.94 bits per heavy atom. The molecule has 0 bridgehead atoms. The van der Waals surface area contributed by atoms with Gasteiger partial charge in [-0.3, -0.25) is 4.79 Å². The van der Waals surface area contributed by atoms with Crippen molar-refractivity contribution in [3.8, 4) is 0 Å². The van der Waals surface area contributed by atoms with Crippen molar-refractivity contribution in [3.05, 3.63) is 35.6 Å². The minimum atomic E-state index is -0.447. The van der Waals surface area contributed by atoms with Crippen LogP contribution in [0.5, 0.6) is 0 Å². The Morgan fingerprint density at radius 1 is 1.31 bits per heavy atom. The fourth-order valence-corrected chi connectivity index (χ4v) is 2.54. The topological polar surface area (TPSA) is 46.3 Å². The number of piperidine rings is 1. The molecule has 84 valence electrons. The predicted octanol–water partition coefficient (Wildman–Crippen LogP) is 0.855. The number of hydrogen-bond acceptors (Lipinski definition) is 2. The summed E-state index contributed by atoms with van der Waals surface area (Å²) < 4.78 is 13.4. The van der Waals surface area contributed by atoms with Gasteiger partial charge in [-0.15, -0.1) is 0 Å². The number of likely N-dealkylation sites (tertiary alicyclic amines) is 1. The number of carbonyl (C=O) groups is 1. The van der Waals surface area contributed by atoms with Crippen LogP contribution in [0.4, 0.5) is 4.39 Å². The number of fused-ring (bicyclic) bond motifs is 1. The molecular weight excluding hydrogens is 207 g/mol. The summed E-state index contributed by atoms with van der Waals surface area (Å²) in [6, 6.07) is 6.37. The highest BCUT2D eigenvalue weighted by Crippen LogP contribution is 2.44. The van der Waals surface area contributed by atoms with E-state index in [1.54, 1.807) is 17.0 Å². The maximum absolute atomic E-state index is 13.4. The molecule has 1 saturated carbocycles. The number of rotatable bonds is 1. The van der Waals surface area contributed by atoms with Gasteiger partial charge in [-0.05, 0) is 24.0 Å². The van der Waals surface area contributed by atoms with Crippen molar-refractivity contribution in [2.75, 3.05) is 13.1 Å². The van der Waals surface area contributed by atoms with E-state index in [1.165, 1.54) is 12.1 Å². The van der Waals surface area contributed by atoms with Crippen LogP contribution in [0, 0.1) is 17.7 Å². The molecule has 2 fully saturated rings. The first kappa shape index (κ1) is 9.78. The number of amides is 1. The zero-order valence-electron chi connectivity index (χ0n) is 8.77. The molecule has 2 N–H and O–H groups in total. The Balaban J connectivity index is 1.77. The third-order valence-corrected chi connectivity index (χ3v) is 3.65. The van der Waals surface area contributed by atoms with E-state index in [0.717, 1.165) is 0 Å². The third kappa shape index (κ3) is 1.33. The van der Waals surface area contributed by atoms with Crippen LogP contribution in [-0.4, -0.2) is 29.9 Å². The number of benzene rings is 1. The average Bonchev–Trinajstić information content (AvgIpc) is 2.75. The van der Waals surface area contributed by atoms with Gasteiger partial charge in [0, 0.05) is 19.1 Å². The summed E-state index contributed by atoms with van der Waals surface area (Å²) in [6.07, 6.45) is 0. The highest BCUT2D eigenvalue weighted by atomic mass is 19.1. The zero-order valence-corrected chi connectivity index (χ0v) is 8.77. The Bertz CT molecular complexity index is 436. The van der Waals surface area contributed by atoms with Crippen LogP contribution in [0.25, 0.3) is 0 Å². The van der Waals surface area contributed by atoms with Crippen molar-refractivity contribution in [1.82, 2.24) is 4.90 Å². The number of halogens is 1. The molecule has 3 nitrogen and oxygen atoms in total. The van der Waals surface area contributed by atoms with E-state index in [1.807, 2.05) is 0 Å². The first-order valence-corrected chi connectivity index (χ1v) is 5.48. The second-order valence-corrected chi connectivity index (χ2v) is 4.60. The minimum absolute atomic E-state index is 0.164. The van der Waals surface area contributed by atoms with Gasteiger partial charge in [0.05, 0.1) is 5.56 Å². The molecule has 1 aliphatic carbocycles. The van der Waals surface area contributed by atoms with Crippen LogP contribution >= 0.6 is 0 Å². The molecule has 3 rings (SSSR count). The van der Waals surface area contributed by atoms with Crippen molar-refractivity contribution in [2.24, 2.45) is 17.6 Å². The summed E-state index contributed by atoms with van der Waals surface area (Å²) in [6.45, 7) is 1.36. The molecule has 1 aromatic carbocycles. The number of nitrogens with zero attached hydrogens (tertiary/aromatic N) is 1. The predicted molar refractivity (Wildman–Crippen MR) is 57.3 cm³/mol. The highest BCUT2D eigenvalue weighted by molar-refractivity contribution is 5.94. The first-order chi connectivity index (χ1) is 7.68. The zero-order chi connectivity index (χ0) is 11.3. The van der Waals surface area contributed by atoms with Crippen LogP contribution < -0.4 is 5.73 Å². The van der Waals surface area contributed by atoms with Gasteiger partial charge >= 0.3 is 0 Å². The van der Waals surface area contributed by atoms with Crippen LogP contribution in [-0.2, 0) is 0 Å². The summed E-state index contributed by atoms with van der Waals surface area (Å²) >= 11 is 0. The van der Waals surface area contributed by atoms with Crippen molar-refractivity contribution in [2.45, 2.75) is 6.04 Å². The Morgan fingerprint density at radius 3 is 2.56 bits per heavy atom. The fraction of sp³-hybridized carbons (Fsp3) is 0.417. The summed E-state index contributed by atoms with van der Waals surface area (Å²) in [7, 11) is 0. The molecule has 4 heteroatoms. The molecule has 0 aromatic heterocycles. The lowest BCUT2D eigenvalue weighted by atomic mass is 10.2. The first-order valence-electron chi connectivity index (χ1n) is 5.48. The van der Waals surface area contributed by atoms with Crippen molar-refractivity contribution < 1.29 is 9.18 Å². The van der Waals surface area contributed by atoms with Crippen molar-refractivity contribution in [3.63, 3.8) is 0 Å². The summed E-state index contributed by atoms with van der Waals surface area (Å²) in [4.78, 5) is 13.7. The smallest absolute Gasteiger partial charge is 0.256 e. The van der Waals surface area contributed by atoms with Crippen molar-refractivity contribution in [1.29, 1.82) is 0 Å². The van der Waals surface area contributed by atoms with Gasteiger partial charge in [0.2, 0.25) is 0 Å². The van der Waals surface area contributed by atoms with E-state index in [2.05, 4.69) is 0 Å². The minimum Gasteiger partial charge on any atom is -0.338 e. The van der Waals surface area contributed by atoms with E-state index in [0.29, 0.717) is 24.9 Å². The monoisotopic (exact) mass is 220 g/mol. The Hall–Kier alpha value is -1.42. The maximum Gasteiger partial charge on any atom is 0.256 e. The van der Waals surface area contributed by atoms with Crippen LogP contribution in [0.15, 0.2) is 24.3 Å². The third-order valence-electron chi connectivity index (χ3n) is 3.65. The maximum atomic E-state index is 13.4. The molecule has 2 aliphatic rings. The van der Waals surface area contributed by atoms with E-state index < -0.39 is 5.82 Å². The van der Waals surface area contributed by atoms with E-state index in [-0.39, 0.29) is 17.5 Å². The van der Waals surface area contributed by atoms with Gasteiger partial charge < -0.3 is 10.6 Å². The molecule has 3 atom stereocenters. The standard InChI is InChI=1S/C12H13FN2O/c13-10-4-2-1-3-7(10)12(16)15-5-8-9(6-15)11(8)14/h1-4,8-9,11H,5-6,14H2/t8-,9?,11?/m0/s1. The van der Waals surface area contributed by atoms with Gasteiger partial charge in [-0.25, -0.2) is 4.39 Å². The number of nitrogens with two attached hydrogens (primary N) is 1.